The van der Waals surface area contributed by atoms with E-state index in [1.165, 1.54) is 24.9 Å². The zero-order chi connectivity index (χ0) is 37.7. The smallest absolute Gasteiger partial charge is 0.404 e. The van der Waals surface area contributed by atoms with Crippen LogP contribution in [0.3, 0.4) is 0 Å². The van der Waals surface area contributed by atoms with Crippen LogP contribution >= 0.6 is 0 Å². The van der Waals surface area contributed by atoms with Gasteiger partial charge >= 0.3 is 6.36 Å². The highest BCUT2D eigenvalue weighted by molar-refractivity contribution is 7.90. The largest absolute Gasteiger partial charge is 0.573 e. The minimum atomic E-state index is -5.13. The predicted octanol–water partition coefficient (Wildman–Crippen LogP) is 4.50. The fraction of sp³-hybridized carbons (Fsp3) is 0.500. The van der Waals surface area contributed by atoms with E-state index in [1.54, 1.807) is 20.9 Å². The number of nitrogens with zero attached hydrogens (tertiary/aromatic N) is 1. The lowest BCUT2D eigenvalue weighted by molar-refractivity contribution is -0.274. The quantitative estimate of drug-likeness (QED) is 0.175. The molecule has 0 fully saturated rings. The number of alkyl halides is 3. The van der Waals surface area contributed by atoms with E-state index in [4.69, 9.17) is 5.73 Å². The van der Waals surface area contributed by atoms with Gasteiger partial charge in [0.25, 0.3) is 15.9 Å². The Morgan fingerprint density at radius 3 is 2.02 bits per heavy atom. The van der Waals surface area contributed by atoms with Gasteiger partial charge in [0.15, 0.2) is 5.75 Å². The molecule has 2 aromatic rings. The molecule has 0 aliphatic rings. The first-order valence-corrected chi connectivity index (χ1v) is 17.0. The molecule has 3 amide bonds. The van der Waals surface area contributed by atoms with Crippen molar-refractivity contribution in [3.05, 3.63) is 65.7 Å². The van der Waals surface area contributed by atoms with Gasteiger partial charge in [0.2, 0.25) is 11.8 Å². The van der Waals surface area contributed by atoms with E-state index in [2.05, 4.69) is 15.4 Å². The van der Waals surface area contributed by atoms with Crippen LogP contribution in [0.4, 0.5) is 18.9 Å². The van der Waals surface area contributed by atoms with Crippen molar-refractivity contribution in [1.82, 2.24) is 20.3 Å². The van der Waals surface area contributed by atoms with Gasteiger partial charge in [0.1, 0.15) is 6.04 Å². The lowest BCUT2D eigenvalue weighted by Gasteiger charge is -2.40. The molecule has 0 aromatic heterocycles. The van der Waals surface area contributed by atoms with E-state index in [1.807, 2.05) is 69.7 Å². The van der Waals surface area contributed by atoms with E-state index in [0.717, 1.165) is 17.7 Å². The van der Waals surface area contributed by atoms with Crippen LogP contribution in [-0.4, -0.2) is 69.6 Å². The van der Waals surface area contributed by atoms with Crippen LogP contribution in [-0.2, 0) is 29.8 Å². The lowest BCUT2D eigenvalue weighted by atomic mass is 9.76. The zero-order valence-electron chi connectivity index (χ0n) is 29.5. The van der Waals surface area contributed by atoms with E-state index >= 15 is 0 Å². The molecule has 5 N–H and O–H groups in total. The van der Waals surface area contributed by atoms with Crippen molar-refractivity contribution in [3.8, 4) is 5.75 Å². The normalized spacial score (nSPS) is 14.9. The van der Waals surface area contributed by atoms with Crippen molar-refractivity contribution in [3.63, 3.8) is 0 Å². The molecule has 0 aliphatic carbocycles. The number of hydrogen-bond acceptors (Lipinski definition) is 8. The number of carbonyl (C=O) groups excluding carboxylic acids is 3. The number of ether oxygens (including phenoxy) is 1. The van der Waals surface area contributed by atoms with Crippen LogP contribution in [0.15, 0.2) is 65.1 Å². The molecule has 11 nitrogen and oxygen atoms in total. The average molecular weight is 712 g/mol. The van der Waals surface area contributed by atoms with Crippen molar-refractivity contribution in [1.29, 1.82) is 0 Å². The number of nitrogens with two attached hydrogens (primary N) is 1. The Morgan fingerprint density at radius 1 is 0.959 bits per heavy atom. The number of halogens is 3. The standard InChI is InChI=1S/C34H48F3N5O6S/c1-20(2)25(18-21(3)29(43)41-49(46,47)23-16-17-24(38)26(19-23)48-34(35,36)37)42(10)31(45)28(32(4,5)6)40-30(44)27(39-9)33(7,8)22-14-12-11-13-15-22/h11-20,25,27-28,39H,38H2,1-10H3,(H,40,44)(H,41,43). The average Bonchev–Trinajstić information content (AvgIpc) is 2.97. The second kappa shape index (κ2) is 15.6. The van der Waals surface area contributed by atoms with Gasteiger partial charge in [-0.05, 0) is 43.0 Å². The predicted molar refractivity (Wildman–Crippen MR) is 182 cm³/mol. The molecule has 0 aliphatic heterocycles. The molecule has 3 unspecified atom stereocenters. The molecular formula is C34H48F3N5O6S. The van der Waals surface area contributed by atoms with Gasteiger partial charge < -0.3 is 26.0 Å². The van der Waals surface area contributed by atoms with Gasteiger partial charge in [-0.2, -0.15) is 0 Å². The number of rotatable bonds is 13. The fourth-order valence-electron chi connectivity index (χ4n) is 5.32. The van der Waals surface area contributed by atoms with Gasteiger partial charge in [-0.25, -0.2) is 13.1 Å². The van der Waals surface area contributed by atoms with Crippen LogP contribution in [0.5, 0.6) is 5.75 Å². The molecule has 0 radical (unpaired) electrons. The summed E-state index contributed by atoms with van der Waals surface area (Å²) in [6.45, 7) is 14.2. The molecule has 2 aromatic carbocycles. The van der Waals surface area contributed by atoms with Crippen molar-refractivity contribution in [2.45, 2.75) is 90.2 Å². The second-order valence-corrected chi connectivity index (χ2v) is 15.5. The molecule has 0 heterocycles. The number of benzene rings is 2. The first-order valence-electron chi connectivity index (χ1n) is 15.5. The van der Waals surface area contributed by atoms with Crippen LogP contribution in [0.2, 0.25) is 0 Å². The lowest BCUT2D eigenvalue weighted by Crippen LogP contribution is -2.61. The highest BCUT2D eigenvalue weighted by Crippen LogP contribution is 2.31. The number of amides is 3. The third-order valence-electron chi connectivity index (χ3n) is 8.19. The maximum absolute atomic E-state index is 14.1. The van der Waals surface area contributed by atoms with E-state index in [0.29, 0.717) is 6.07 Å². The van der Waals surface area contributed by atoms with Gasteiger partial charge in [-0.15, -0.1) is 13.2 Å². The molecular weight excluding hydrogens is 663 g/mol. The number of anilines is 1. The number of nitrogens with one attached hydrogen (secondary N) is 3. The Balaban J connectivity index is 2.35. The van der Waals surface area contributed by atoms with E-state index in [9.17, 15) is 36.0 Å². The topological polar surface area (TPSA) is 160 Å². The molecule has 15 heteroatoms. The Morgan fingerprint density at radius 2 is 1.53 bits per heavy atom. The number of hydrogen-bond donors (Lipinski definition) is 4. The molecule has 49 heavy (non-hydrogen) atoms. The third kappa shape index (κ3) is 10.7. The summed E-state index contributed by atoms with van der Waals surface area (Å²) in [4.78, 5) is 41.6. The van der Waals surface area contributed by atoms with Gasteiger partial charge in [-0.1, -0.05) is 84.9 Å². The molecule has 0 saturated carbocycles. The van der Waals surface area contributed by atoms with Crippen molar-refractivity contribution >= 4 is 33.4 Å². The number of nitrogen functional groups attached to an aromatic ring is 1. The van der Waals surface area contributed by atoms with E-state index < -0.39 is 73.5 Å². The van der Waals surface area contributed by atoms with Crippen molar-refractivity contribution in [2.75, 3.05) is 19.8 Å². The Kier molecular flexibility index (Phi) is 13.1. The van der Waals surface area contributed by atoms with Crippen LogP contribution in [0.1, 0.15) is 61.0 Å². The zero-order valence-corrected chi connectivity index (χ0v) is 30.3. The summed E-state index contributed by atoms with van der Waals surface area (Å²) in [5.74, 6) is -3.11. The molecule has 0 spiro atoms. The van der Waals surface area contributed by atoms with Gasteiger partial charge in [-0.3, -0.25) is 14.4 Å². The van der Waals surface area contributed by atoms with Gasteiger partial charge in [0.05, 0.1) is 22.7 Å². The van der Waals surface area contributed by atoms with Crippen LogP contribution in [0, 0.1) is 11.3 Å². The fourth-order valence-corrected chi connectivity index (χ4v) is 6.35. The maximum Gasteiger partial charge on any atom is 0.573 e. The number of carbonyl (C=O) groups is 3. The Hall–Kier alpha value is -4.11. The van der Waals surface area contributed by atoms with Crippen LogP contribution < -0.4 is 25.8 Å². The van der Waals surface area contributed by atoms with Gasteiger partial charge in [0, 0.05) is 24.1 Å². The molecule has 0 saturated heterocycles. The summed E-state index contributed by atoms with van der Waals surface area (Å²) in [6, 6.07) is 9.47. The Labute approximate surface area is 286 Å². The summed E-state index contributed by atoms with van der Waals surface area (Å²) in [6.07, 6.45) is -3.71. The summed E-state index contributed by atoms with van der Waals surface area (Å²) in [7, 11) is -1.46. The third-order valence-corrected chi connectivity index (χ3v) is 9.52. The minimum absolute atomic E-state index is 0.0830. The monoisotopic (exact) mass is 711 g/mol. The van der Waals surface area contributed by atoms with Crippen molar-refractivity contribution < 1.29 is 40.7 Å². The van der Waals surface area contributed by atoms with Crippen molar-refractivity contribution in [2.24, 2.45) is 11.3 Å². The Bertz CT molecular complexity index is 1640. The summed E-state index contributed by atoms with van der Waals surface area (Å²) in [5.41, 5.74) is 4.48. The molecule has 272 valence electrons. The SMILES string of the molecule is CNC(C(=O)NC(C(=O)N(C)C(C=C(C)C(=O)NS(=O)(=O)c1ccc(N)c(OC(F)(F)F)c1)C(C)C)C(C)(C)C)C(C)(C)c1ccccc1. The molecule has 2 rings (SSSR count). The number of likely N-dealkylation sites (N-methyl/N-ethyl adjacent to an activating group) is 2. The first kappa shape index (κ1) is 41.1. The summed E-state index contributed by atoms with van der Waals surface area (Å²) >= 11 is 0. The summed E-state index contributed by atoms with van der Waals surface area (Å²) < 4.78 is 69.8. The minimum Gasteiger partial charge on any atom is -0.404 e. The highest BCUT2D eigenvalue weighted by atomic mass is 32.2. The number of sulfonamides is 1. The molecule has 3 atom stereocenters. The molecule has 0 bridgehead atoms. The second-order valence-electron chi connectivity index (χ2n) is 13.8. The maximum atomic E-state index is 14.1. The van der Waals surface area contributed by atoms with E-state index in [-0.39, 0.29) is 17.4 Å². The first-order chi connectivity index (χ1) is 22.3. The highest BCUT2D eigenvalue weighted by Gasteiger charge is 2.42. The van der Waals surface area contributed by atoms with Crippen LogP contribution in [0.25, 0.3) is 0 Å². The summed E-state index contributed by atoms with van der Waals surface area (Å²) in [5, 5.41) is 6.03.